The van der Waals surface area contributed by atoms with E-state index >= 15 is 0 Å². The molecule has 1 rings (SSSR count). The molecule has 0 amide bonds. The van der Waals surface area contributed by atoms with Crippen LogP contribution >= 0.6 is 34.4 Å². The Hall–Kier alpha value is -0.100. The second-order valence-corrected chi connectivity index (χ2v) is 4.94. The predicted molar refractivity (Wildman–Crippen MR) is 66.4 cm³/mol. The van der Waals surface area contributed by atoms with Gasteiger partial charge in [0.2, 0.25) is 0 Å². The highest BCUT2D eigenvalue weighted by molar-refractivity contribution is 14.1. The highest BCUT2D eigenvalue weighted by atomic mass is 127. The molecule has 0 atom stereocenters. The number of Topliss-reactive ketones (excluding diaryl/α,β-unsaturated/α-hetero) is 1. The average molecular weight is 324 g/mol. The lowest BCUT2D eigenvalue weighted by molar-refractivity contribution is 0.0988. The molecule has 0 spiro atoms. The Morgan fingerprint density at radius 2 is 2.29 bits per heavy atom. The van der Waals surface area contributed by atoms with Gasteiger partial charge in [0.1, 0.15) is 5.82 Å². The van der Waals surface area contributed by atoms with Crippen molar-refractivity contribution in [1.82, 2.24) is 0 Å². The van der Waals surface area contributed by atoms with E-state index in [0.717, 1.165) is 5.75 Å². The van der Waals surface area contributed by atoms with Crippen molar-refractivity contribution in [3.05, 3.63) is 33.1 Å². The van der Waals surface area contributed by atoms with Gasteiger partial charge in [0, 0.05) is 21.3 Å². The van der Waals surface area contributed by atoms with Gasteiger partial charge in [-0.05, 0) is 47.0 Å². The minimum Gasteiger partial charge on any atom is -0.294 e. The maximum atomic E-state index is 12.7. The van der Waals surface area contributed by atoms with Gasteiger partial charge in [0.15, 0.2) is 5.78 Å². The number of carbonyl (C=O) groups excluding carboxylic acids is 1. The van der Waals surface area contributed by atoms with Gasteiger partial charge in [0.25, 0.3) is 0 Å². The lowest BCUT2D eigenvalue weighted by atomic mass is 10.1. The molecule has 0 saturated carbocycles. The Kier molecular flexibility index (Phi) is 4.88. The smallest absolute Gasteiger partial charge is 0.164 e. The van der Waals surface area contributed by atoms with Crippen LogP contribution < -0.4 is 0 Å². The Morgan fingerprint density at radius 3 is 2.86 bits per heavy atom. The largest absolute Gasteiger partial charge is 0.294 e. The van der Waals surface area contributed by atoms with E-state index in [1.807, 2.05) is 28.8 Å². The summed E-state index contributed by atoms with van der Waals surface area (Å²) in [5.41, 5.74) is 0.626. The van der Waals surface area contributed by atoms with E-state index in [1.54, 1.807) is 17.8 Å². The lowest BCUT2D eigenvalue weighted by Gasteiger charge is -2.02. The number of carbonyl (C=O) groups is 1. The van der Waals surface area contributed by atoms with Crippen LogP contribution in [0.4, 0.5) is 4.39 Å². The molecule has 0 aliphatic carbocycles. The van der Waals surface area contributed by atoms with Crippen molar-refractivity contribution in [2.75, 3.05) is 12.0 Å². The summed E-state index contributed by atoms with van der Waals surface area (Å²) in [6.07, 6.45) is 2.48. The Labute approximate surface area is 101 Å². The molecule has 0 aromatic heterocycles. The number of hydrogen-bond donors (Lipinski definition) is 0. The summed E-state index contributed by atoms with van der Waals surface area (Å²) in [5.74, 6) is 0.603. The molecular formula is C10H10FIOS. The van der Waals surface area contributed by atoms with Gasteiger partial charge in [-0.1, -0.05) is 0 Å². The van der Waals surface area contributed by atoms with E-state index in [1.165, 1.54) is 12.1 Å². The maximum Gasteiger partial charge on any atom is 0.164 e. The van der Waals surface area contributed by atoms with Crippen molar-refractivity contribution in [1.29, 1.82) is 0 Å². The fourth-order valence-electron chi connectivity index (χ4n) is 1.05. The third kappa shape index (κ3) is 3.24. The third-order valence-corrected chi connectivity index (χ3v) is 3.27. The molecule has 1 nitrogen and oxygen atoms in total. The molecule has 0 bridgehead atoms. The van der Waals surface area contributed by atoms with Crippen LogP contribution in [0.25, 0.3) is 0 Å². The molecule has 1 aromatic rings. The summed E-state index contributed by atoms with van der Waals surface area (Å²) in [5, 5.41) is 0. The summed E-state index contributed by atoms with van der Waals surface area (Å²) < 4.78 is 13.4. The second kappa shape index (κ2) is 5.70. The summed E-state index contributed by atoms with van der Waals surface area (Å²) in [4.78, 5) is 11.6. The van der Waals surface area contributed by atoms with Crippen LogP contribution in [0.15, 0.2) is 18.2 Å². The number of benzene rings is 1. The molecule has 4 heteroatoms. The molecule has 76 valence electrons. The zero-order valence-electron chi connectivity index (χ0n) is 7.72. The summed E-state index contributed by atoms with van der Waals surface area (Å²) in [6, 6.07) is 4.27. The van der Waals surface area contributed by atoms with E-state index < -0.39 is 0 Å². The molecule has 0 heterocycles. The van der Waals surface area contributed by atoms with Crippen LogP contribution in [0, 0.1) is 9.39 Å². The monoisotopic (exact) mass is 324 g/mol. The van der Waals surface area contributed by atoms with Crippen LogP contribution in [0.3, 0.4) is 0 Å². The minimum absolute atomic E-state index is 0.0868. The number of halogens is 2. The van der Waals surface area contributed by atoms with Crippen molar-refractivity contribution < 1.29 is 9.18 Å². The van der Waals surface area contributed by atoms with Gasteiger partial charge in [-0.3, -0.25) is 4.79 Å². The third-order valence-electron chi connectivity index (χ3n) is 1.76. The minimum atomic E-state index is -0.296. The van der Waals surface area contributed by atoms with Gasteiger partial charge in [-0.15, -0.1) is 0 Å². The van der Waals surface area contributed by atoms with Gasteiger partial charge >= 0.3 is 0 Å². The van der Waals surface area contributed by atoms with Crippen LogP contribution in [0.1, 0.15) is 16.8 Å². The Bertz CT molecular complexity index is 341. The van der Waals surface area contributed by atoms with E-state index in [9.17, 15) is 9.18 Å². The van der Waals surface area contributed by atoms with Crippen LogP contribution in [-0.2, 0) is 0 Å². The predicted octanol–water partition coefficient (Wildman–Crippen LogP) is 3.37. The maximum absolute atomic E-state index is 12.7. The first-order valence-corrected chi connectivity index (χ1v) is 6.59. The second-order valence-electron chi connectivity index (χ2n) is 2.79. The van der Waals surface area contributed by atoms with Crippen LogP contribution in [0.2, 0.25) is 0 Å². The normalized spacial score (nSPS) is 10.2. The highest BCUT2D eigenvalue weighted by Gasteiger charge is 2.09. The quantitative estimate of drug-likeness (QED) is 0.624. The number of ketones is 1. The molecule has 0 fully saturated rings. The lowest BCUT2D eigenvalue weighted by Crippen LogP contribution is -2.03. The number of hydrogen-bond acceptors (Lipinski definition) is 2. The number of rotatable bonds is 4. The van der Waals surface area contributed by atoms with Gasteiger partial charge in [0.05, 0.1) is 0 Å². The Morgan fingerprint density at radius 1 is 1.57 bits per heavy atom. The fourth-order valence-corrected chi connectivity index (χ4v) is 2.21. The van der Waals surface area contributed by atoms with E-state index in [0.29, 0.717) is 15.6 Å². The number of thioether (sulfide) groups is 1. The van der Waals surface area contributed by atoms with E-state index in [-0.39, 0.29) is 11.6 Å². The summed E-state index contributed by atoms with van der Waals surface area (Å²) in [6.45, 7) is 0. The zero-order chi connectivity index (χ0) is 10.6. The van der Waals surface area contributed by atoms with Crippen molar-refractivity contribution in [3.63, 3.8) is 0 Å². The van der Waals surface area contributed by atoms with Crippen LogP contribution in [0.5, 0.6) is 0 Å². The first-order valence-electron chi connectivity index (χ1n) is 4.12. The van der Waals surface area contributed by atoms with Crippen LogP contribution in [-0.4, -0.2) is 17.8 Å². The summed E-state index contributed by atoms with van der Waals surface area (Å²) in [7, 11) is 0. The first-order chi connectivity index (χ1) is 6.65. The molecule has 1 aromatic carbocycles. The molecular weight excluding hydrogens is 314 g/mol. The van der Waals surface area contributed by atoms with Crippen molar-refractivity contribution in [2.24, 2.45) is 0 Å². The zero-order valence-corrected chi connectivity index (χ0v) is 10.7. The SMILES string of the molecule is CSCCC(=O)c1ccc(F)cc1I. The Balaban J connectivity index is 2.80. The van der Waals surface area contributed by atoms with Crippen molar-refractivity contribution in [2.45, 2.75) is 6.42 Å². The standard InChI is InChI=1S/C10H10FIOS/c1-14-5-4-10(13)8-3-2-7(11)6-9(8)12/h2-3,6H,4-5H2,1H3. The molecule has 0 saturated heterocycles. The van der Waals surface area contributed by atoms with E-state index in [4.69, 9.17) is 0 Å². The van der Waals surface area contributed by atoms with Gasteiger partial charge < -0.3 is 0 Å². The van der Waals surface area contributed by atoms with Gasteiger partial charge in [-0.2, -0.15) is 11.8 Å². The fraction of sp³-hybridized carbons (Fsp3) is 0.300. The average Bonchev–Trinajstić information content (AvgIpc) is 2.14. The topological polar surface area (TPSA) is 17.1 Å². The molecule has 0 aliphatic heterocycles. The molecule has 14 heavy (non-hydrogen) atoms. The van der Waals surface area contributed by atoms with Gasteiger partial charge in [-0.25, -0.2) is 4.39 Å². The first kappa shape index (κ1) is 12.0. The van der Waals surface area contributed by atoms with E-state index in [2.05, 4.69) is 0 Å². The molecule has 0 radical (unpaired) electrons. The highest BCUT2D eigenvalue weighted by Crippen LogP contribution is 2.16. The molecule has 0 unspecified atom stereocenters. The molecule has 0 N–H and O–H groups in total. The molecule has 0 aliphatic rings. The summed E-state index contributed by atoms with van der Waals surface area (Å²) >= 11 is 3.62. The van der Waals surface area contributed by atoms with Crippen molar-refractivity contribution >= 4 is 40.1 Å². The van der Waals surface area contributed by atoms with Crippen molar-refractivity contribution in [3.8, 4) is 0 Å².